The van der Waals surface area contributed by atoms with Crippen molar-refractivity contribution in [1.29, 1.82) is 0 Å². The van der Waals surface area contributed by atoms with Crippen LogP contribution in [-0.4, -0.2) is 24.5 Å². The van der Waals surface area contributed by atoms with Crippen molar-refractivity contribution in [3.05, 3.63) is 35.4 Å². The highest BCUT2D eigenvalue weighted by Crippen LogP contribution is 2.20. The maximum atomic E-state index is 6.32. The van der Waals surface area contributed by atoms with Crippen LogP contribution in [0.15, 0.2) is 24.3 Å². The Bertz CT molecular complexity index is 375. The summed E-state index contributed by atoms with van der Waals surface area (Å²) in [7, 11) is 0. The monoisotopic (exact) mass is 246 g/mol. The van der Waals surface area contributed by atoms with Crippen molar-refractivity contribution in [3.8, 4) is 0 Å². The van der Waals surface area contributed by atoms with E-state index in [-0.39, 0.29) is 6.04 Å². The first-order valence-electron chi connectivity index (χ1n) is 7.20. The zero-order valence-corrected chi connectivity index (χ0v) is 11.7. The van der Waals surface area contributed by atoms with Crippen LogP contribution in [0.1, 0.15) is 43.4 Å². The smallest absolute Gasteiger partial charge is 0.0309 e. The Morgan fingerprint density at radius 1 is 1.39 bits per heavy atom. The van der Waals surface area contributed by atoms with Crippen LogP contribution in [0.2, 0.25) is 0 Å². The lowest BCUT2D eigenvalue weighted by Gasteiger charge is -2.31. The summed E-state index contributed by atoms with van der Waals surface area (Å²) in [5.74, 6) is 0.855. The van der Waals surface area contributed by atoms with Gasteiger partial charge in [0.05, 0.1) is 0 Å². The average Bonchev–Trinajstić information content (AvgIpc) is 2.37. The summed E-state index contributed by atoms with van der Waals surface area (Å²) in [6.45, 7) is 8.15. The first-order valence-corrected chi connectivity index (χ1v) is 7.20. The van der Waals surface area contributed by atoms with E-state index in [1.165, 1.54) is 37.1 Å². The van der Waals surface area contributed by atoms with Crippen molar-refractivity contribution in [2.75, 3.05) is 19.6 Å². The Labute approximate surface area is 111 Å². The van der Waals surface area contributed by atoms with Gasteiger partial charge >= 0.3 is 0 Å². The molecule has 1 heterocycles. The van der Waals surface area contributed by atoms with Gasteiger partial charge in [0.15, 0.2) is 0 Å². The van der Waals surface area contributed by atoms with Crippen LogP contribution < -0.4 is 5.73 Å². The van der Waals surface area contributed by atoms with Crippen molar-refractivity contribution >= 4 is 0 Å². The van der Waals surface area contributed by atoms with Gasteiger partial charge in [-0.15, -0.1) is 0 Å². The van der Waals surface area contributed by atoms with Gasteiger partial charge in [0.1, 0.15) is 0 Å². The van der Waals surface area contributed by atoms with E-state index in [1.807, 2.05) is 0 Å². The maximum absolute atomic E-state index is 6.32. The third-order valence-electron chi connectivity index (χ3n) is 4.09. The molecule has 18 heavy (non-hydrogen) atoms. The van der Waals surface area contributed by atoms with Crippen LogP contribution in [0.5, 0.6) is 0 Å². The zero-order chi connectivity index (χ0) is 13.0. The van der Waals surface area contributed by atoms with Gasteiger partial charge in [-0.2, -0.15) is 0 Å². The number of hydrogen-bond acceptors (Lipinski definition) is 2. The minimum atomic E-state index is 0.184. The van der Waals surface area contributed by atoms with E-state index in [9.17, 15) is 0 Å². The molecule has 0 amide bonds. The zero-order valence-electron chi connectivity index (χ0n) is 11.7. The number of nitrogens with zero attached hydrogens (tertiary/aromatic N) is 1. The van der Waals surface area contributed by atoms with Gasteiger partial charge in [-0.3, -0.25) is 0 Å². The van der Waals surface area contributed by atoms with E-state index in [0.29, 0.717) is 0 Å². The highest BCUT2D eigenvalue weighted by atomic mass is 15.1. The second kappa shape index (κ2) is 6.35. The minimum absolute atomic E-state index is 0.184. The summed E-state index contributed by atoms with van der Waals surface area (Å²) in [4.78, 5) is 2.58. The Morgan fingerprint density at radius 3 is 2.89 bits per heavy atom. The summed E-state index contributed by atoms with van der Waals surface area (Å²) in [5, 5.41) is 0. The molecule has 1 aromatic rings. The van der Waals surface area contributed by atoms with Crippen LogP contribution in [0.25, 0.3) is 0 Å². The maximum Gasteiger partial charge on any atom is 0.0309 e. The van der Waals surface area contributed by atoms with E-state index in [4.69, 9.17) is 5.73 Å². The number of hydrogen-bond donors (Lipinski definition) is 1. The molecule has 1 aliphatic rings. The summed E-state index contributed by atoms with van der Waals surface area (Å²) >= 11 is 0. The molecule has 0 saturated carbocycles. The molecule has 2 rings (SSSR count). The first-order chi connectivity index (χ1) is 8.66. The molecule has 0 bridgehead atoms. The number of piperidine rings is 1. The fraction of sp³-hybridized carbons (Fsp3) is 0.625. The van der Waals surface area contributed by atoms with Gasteiger partial charge in [-0.05, 0) is 56.3 Å². The molecule has 0 spiro atoms. The Kier molecular flexibility index (Phi) is 4.79. The summed E-state index contributed by atoms with van der Waals surface area (Å²) in [5.41, 5.74) is 8.95. The molecule has 1 saturated heterocycles. The normalized spacial score (nSPS) is 22.9. The van der Waals surface area contributed by atoms with Crippen molar-refractivity contribution in [1.82, 2.24) is 4.90 Å². The van der Waals surface area contributed by atoms with E-state index < -0.39 is 0 Å². The fourth-order valence-electron chi connectivity index (χ4n) is 2.97. The molecule has 0 aromatic heterocycles. The van der Waals surface area contributed by atoms with Crippen molar-refractivity contribution < 1.29 is 0 Å². The number of rotatable bonds is 4. The third-order valence-corrected chi connectivity index (χ3v) is 4.09. The van der Waals surface area contributed by atoms with Crippen LogP contribution in [0.3, 0.4) is 0 Å². The molecule has 2 nitrogen and oxygen atoms in total. The quantitative estimate of drug-likeness (QED) is 0.884. The van der Waals surface area contributed by atoms with E-state index in [1.54, 1.807) is 0 Å². The van der Waals surface area contributed by atoms with E-state index in [0.717, 1.165) is 18.9 Å². The van der Waals surface area contributed by atoms with Gasteiger partial charge < -0.3 is 10.6 Å². The van der Waals surface area contributed by atoms with E-state index >= 15 is 0 Å². The second-order valence-electron chi connectivity index (χ2n) is 5.80. The van der Waals surface area contributed by atoms with Gasteiger partial charge in [-0.1, -0.05) is 31.2 Å². The Hall–Kier alpha value is -0.860. The van der Waals surface area contributed by atoms with Crippen LogP contribution in [-0.2, 0) is 0 Å². The standard InChI is InChI=1S/C16H26N2/c1-13-6-5-10-18(12-13)11-9-16(17)15-8-4-3-7-14(15)2/h3-4,7-8,13,16H,5-6,9-12,17H2,1-2H3. The van der Waals surface area contributed by atoms with Crippen molar-refractivity contribution in [3.63, 3.8) is 0 Å². The average molecular weight is 246 g/mol. The minimum Gasteiger partial charge on any atom is -0.324 e. The molecule has 2 N–H and O–H groups in total. The van der Waals surface area contributed by atoms with Gasteiger partial charge in [0.2, 0.25) is 0 Å². The largest absolute Gasteiger partial charge is 0.324 e. The fourth-order valence-corrected chi connectivity index (χ4v) is 2.97. The first kappa shape index (κ1) is 13.6. The number of nitrogens with two attached hydrogens (primary N) is 1. The number of benzene rings is 1. The van der Waals surface area contributed by atoms with Crippen molar-refractivity contribution in [2.45, 2.75) is 39.2 Å². The highest BCUT2D eigenvalue weighted by Gasteiger charge is 2.17. The molecule has 2 atom stereocenters. The van der Waals surface area contributed by atoms with Crippen LogP contribution >= 0.6 is 0 Å². The SMILES string of the molecule is Cc1ccccc1C(N)CCN1CCCC(C)C1. The third kappa shape index (κ3) is 3.56. The molecular formula is C16H26N2. The molecule has 1 fully saturated rings. The number of aryl methyl sites for hydroxylation is 1. The predicted molar refractivity (Wildman–Crippen MR) is 77.6 cm³/mol. The van der Waals surface area contributed by atoms with Crippen molar-refractivity contribution in [2.24, 2.45) is 11.7 Å². The van der Waals surface area contributed by atoms with Crippen LogP contribution in [0, 0.1) is 12.8 Å². The molecule has 1 aliphatic heterocycles. The summed E-state index contributed by atoms with van der Waals surface area (Å²) in [6.07, 6.45) is 3.80. The van der Waals surface area contributed by atoms with Gasteiger partial charge in [-0.25, -0.2) is 0 Å². The Balaban J connectivity index is 1.84. The van der Waals surface area contributed by atoms with Gasteiger partial charge in [0.25, 0.3) is 0 Å². The lowest BCUT2D eigenvalue weighted by molar-refractivity contribution is 0.178. The van der Waals surface area contributed by atoms with Gasteiger partial charge in [0, 0.05) is 12.6 Å². The highest BCUT2D eigenvalue weighted by molar-refractivity contribution is 5.28. The second-order valence-corrected chi connectivity index (χ2v) is 5.80. The lowest BCUT2D eigenvalue weighted by atomic mass is 9.97. The number of likely N-dealkylation sites (tertiary alicyclic amines) is 1. The topological polar surface area (TPSA) is 29.3 Å². The molecular weight excluding hydrogens is 220 g/mol. The molecule has 0 radical (unpaired) electrons. The predicted octanol–water partition coefficient (Wildman–Crippen LogP) is 3.12. The summed E-state index contributed by atoms with van der Waals surface area (Å²) < 4.78 is 0. The molecule has 0 aliphatic carbocycles. The summed E-state index contributed by atoms with van der Waals surface area (Å²) in [6, 6.07) is 8.67. The molecule has 2 heteroatoms. The van der Waals surface area contributed by atoms with E-state index in [2.05, 4.69) is 43.0 Å². The molecule has 100 valence electrons. The lowest BCUT2D eigenvalue weighted by Crippen LogP contribution is -2.36. The molecule has 1 aromatic carbocycles. The Morgan fingerprint density at radius 2 is 2.17 bits per heavy atom. The molecule has 2 unspecified atom stereocenters. The van der Waals surface area contributed by atoms with Crippen LogP contribution in [0.4, 0.5) is 0 Å².